The number of hydrogen-bond donors (Lipinski definition) is 1. The van der Waals surface area contributed by atoms with E-state index in [1.807, 2.05) is 0 Å². The molecule has 1 N–H and O–H groups in total. The van der Waals surface area contributed by atoms with Crippen molar-refractivity contribution in [3.05, 3.63) is 63.1 Å². The van der Waals surface area contributed by atoms with E-state index in [0.29, 0.717) is 11.3 Å². The highest BCUT2D eigenvalue weighted by molar-refractivity contribution is 9.10. The molecule has 0 fully saturated rings. The molecule has 2 rings (SSSR count). The van der Waals surface area contributed by atoms with E-state index in [4.69, 9.17) is 0 Å². The van der Waals surface area contributed by atoms with Gasteiger partial charge in [0, 0.05) is 5.69 Å². The Morgan fingerprint density at radius 2 is 1.80 bits per heavy atom. The average Bonchev–Trinajstić information content (AvgIpc) is 2.38. The summed E-state index contributed by atoms with van der Waals surface area (Å²) in [6.07, 6.45) is 0. The Morgan fingerprint density at radius 1 is 1.10 bits per heavy atom. The van der Waals surface area contributed by atoms with E-state index in [-0.39, 0.29) is 10.0 Å². The van der Waals surface area contributed by atoms with E-state index in [1.54, 1.807) is 19.9 Å². The number of amides is 1. The monoisotopic (exact) mass is 339 g/mol. The second-order valence-electron chi connectivity index (χ2n) is 4.52. The molecular formula is C15H12BrF2NO. The summed E-state index contributed by atoms with van der Waals surface area (Å²) >= 11 is 3.05. The molecule has 5 heteroatoms. The SMILES string of the molecule is Cc1ccc(F)c(C(=O)Nc2cc(Br)c(F)cc2C)c1. The Balaban J connectivity index is 2.32. The molecule has 0 saturated heterocycles. The number of carbonyl (C=O) groups excluding carboxylic acids is 1. The summed E-state index contributed by atoms with van der Waals surface area (Å²) in [7, 11) is 0. The number of nitrogens with one attached hydrogen (secondary N) is 1. The van der Waals surface area contributed by atoms with Crippen molar-refractivity contribution < 1.29 is 13.6 Å². The highest BCUT2D eigenvalue weighted by atomic mass is 79.9. The Morgan fingerprint density at radius 3 is 2.50 bits per heavy atom. The van der Waals surface area contributed by atoms with Crippen LogP contribution in [0.25, 0.3) is 0 Å². The van der Waals surface area contributed by atoms with Crippen LogP contribution in [0, 0.1) is 25.5 Å². The number of benzene rings is 2. The lowest BCUT2D eigenvalue weighted by molar-refractivity contribution is 0.102. The first-order chi connectivity index (χ1) is 9.38. The Bertz CT molecular complexity index is 686. The molecular weight excluding hydrogens is 328 g/mol. The third-order valence-corrected chi connectivity index (χ3v) is 3.49. The zero-order chi connectivity index (χ0) is 14.9. The lowest BCUT2D eigenvalue weighted by Crippen LogP contribution is -2.15. The Hall–Kier alpha value is -1.75. The van der Waals surface area contributed by atoms with Crippen molar-refractivity contribution in [1.82, 2.24) is 0 Å². The van der Waals surface area contributed by atoms with Gasteiger partial charge in [-0.15, -0.1) is 0 Å². The highest BCUT2D eigenvalue weighted by Gasteiger charge is 2.14. The first kappa shape index (κ1) is 14.7. The third kappa shape index (κ3) is 3.04. The van der Waals surface area contributed by atoms with Crippen molar-refractivity contribution in [2.75, 3.05) is 5.32 Å². The number of aryl methyl sites for hydroxylation is 2. The minimum absolute atomic E-state index is 0.0372. The van der Waals surface area contributed by atoms with Gasteiger partial charge >= 0.3 is 0 Å². The predicted octanol–water partition coefficient (Wildman–Crippen LogP) is 4.60. The maximum atomic E-state index is 13.6. The Labute approximate surface area is 123 Å². The molecule has 2 aromatic carbocycles. The molecule has 104 valence electrons. The molecule has 2 nitrogen and oxygen atoms in total. The lowest BCUT2D eigenvalue weighted by Gasteiger charge is -2.10. The molecule has 2 aromatic rings. The van der Waals surface area contributed by atoms with E-state index < -0.39 is 17.5 Å². The normalized spacial score (nSPS) is 10.4. The first-order valence-corrected chi connectivity index (χ1v) is 6.71. The quantitative estimate of drug-likeness (QED) is 0.851. The van der Waals surface area contributed by atoms with E-state index in [2.05, 4.69) is 21.2 Å². The second-order valence-corrected chi connectivity index (χ2v) is 5.37. The molecule has 0 aliphatic heterocycles. The molecule has 0 bridgehead atoms. The number of hydrogen-bond acceptors (Lipinski definition) is 1. The fourth-order valence-electron chi connectivity index (χ4n) is 1.78. The molecule has 0 spiro atoms. The summed E-state index contributed by atoms with van der Waals surface area (Å²) in [5.41, 5.74) is 1.75. The summed E-state index contributed by atoms with van der Waals surface area (Å²) < 4.78 is 27.2. The zero-order valence-electron chi connectivity index (χ0n) is 10.9. The number of rotatable bonds is 2. The maximum Gasteiger partial charge on any atom is 0.258 e. The fraction of sp³-hybridized carbons (Fsp3) is 0.133. The zero-order valence-corrected chi connectivity index (χ0v) is 12.5. The van der Waals surface area contributed by atoms with E-state index in [9.17, 15) is 13.6 Å². The molecule has 0 unspecified atom stereocenters. The molecule has 0 aromatic heterocycles. The van der Waals surface area contributed by atoms with Crippen LogP contribution in [0.2, 0.25) is 0 Å². The van der Waals surface area contributed by atoms with Gasteiger partial charge in [-0.1, -0.05) is 11.6 Å². The minimum atomic E-state index is -0.591. The van der Waals surface area contributed by atoms with Gasteiger partial charge in [0.2, 0.25) is 0 Å². The Kier molecular flexibility index (Phi) is 4.18. The molecule has 0 aliphatic carbocycles. The smallest absolute Gasteiger partial charge is 0.258 e. The summed E-state index contributed by atoms with van der Waals surface area (Å²) in [6, 6.07) is 7.06. The van der Waals surface area contributed by atoms with Crippen molar-refractivity contribution >= 4 is 27.5 Å². The molecule has 20 heavy (non-hydrogen) atoms. The van der Waals surface area contributed by atoms with E-state index >= 15 is 0 Å². The fourth-order valence-corrected chi connectivity index (χ4v) is 2.13. The highest BCUT2D eigenvalue weighted by Crippen LogP contribution is 2.25. The summed E-state index contributed by atoms with van der Waals surface area (Å²) in [5, 5.41) is 2.59. The summed E-state index contributed by atoms with van der Waals surface area (Å²) in [5.74, 6) is -1.57. The predicted molar refractivity (Wildman–Crippen MR) is 77.9 cm³/mol. The van der Waals surface area contributed by atoms with Gasteiger partial charge in [0.25, 0.3) is 5.91 Å². The minimum Gasteiger partial charge on any atom is -0.322 e. The van der Waals surface area contributed by atoms with Crippen molar-refractivity contribution in [3.63, 3.8) is 0 Å². The van der Waals surface area contributed by atoms with Gasteiger partial charge in [-0.25, -0.2) is 8.78 Å². The summed E-state index contributed by atoms with van der Waals surface area (Å²) in [4.78, 5) is 12.1. The second kappa shape index (κ2) is 5.71. The average molecular weight is 340 g/mol. The van der Waals surface area contributed by atoms with Gasteiger partial charge in [0.1, 0.15) is 11.6 Å². The van der Waals surface area contributed by atoms with Gasteiger partial charge in [-0.2, -0.15) is 0 Å². The van der Waals surface area contributed by atoms with Gasteiger partial charge in [0.05, 0.1) is 10.0 Å². The van der Waals surface area contributed by atoms with Crippen LogP contribution in [0.5, 0.6) is 0 Å². The van der Waals surface area contributed by atoms with Crippen LogP contribution in [-0.4, -0.2) is 5.91 Å². The van der Waals surface area contributed by atoms with Crippen LogP contribution in [0.1, 0.15) is 21.5 Å². The topological polar surface area (TPSA) is 29.1 Å². The molecule has 0 atom stereocenters. The van der Waals surface area contributed by atoms with Gasteiger partial charge in [-0.3, -0.25) is 4.79 Å². The van der Waals surface area contributed by atoms with Crippen molar-refractivity contribution in [3.8, 4) is 0 Å². The van der Waals surface area contributed by atoms with Crippen molar-refractivity contribution in [2.45, 2.75) is 13.8 Å². The molecule has 0 saturated carbocycles. The van der Waals surface area contributed by atoms with Crippen LogP contribution >= 0.6 is 15.9 Å². The van der Waals surface area contributed by atoms with Crippen molar-refractivity contribution in [2.24, 2.45) is 0 Å². The van der Waals surface area contributed by atoms with Gasteiger partial charge < -0.3 is 5.32 Å². The van der Waals surface area contributed by atoms with Crippen LogP contribution in [0.3, 0.4) is 0 Å². The first-order valence-electron chi connectivity index (χ1n) is 5.91. The largest absolute Gasteiger partial charge is 0.322 e. The number of carbonyl (C=O) groups is 1. The van der Waals surface area contributed by atoms with E-state index in [1.165, 1.54) is 24.3 Å². The van der Waals surface area contributed by atoms with Crippen LogP contribution in [-0.2, 0) is 0 Å². The molecule has 0 aliphatic rings. The van der Waals surface area contributed by atoms with Crippen LogP contribution in [0.4, 0.5) is 14.5 Å². The number of anilines is 1. The number of halogens is 3. The molecule has 1 amide bonds. The van der Waals surface area contributed by atoms with Crippen molar-refractivity contribution in [1.29, 1.82) is 0 Å². The van der Waals surface area contributed by atoms with E-state index in [0.717, 1.165) is 5.56 Å². The third-order valence-electron chi connectivity index (χ3n) is 2.88. The maximum absolute atomic E-state index is 13.6. The van der Waals surface area contributed by atoms with Gasteiger partial charge in [0.15, 0.2) is 0 Å². The van der Waals surface area contributed by atoms with Gasteiger partial charge in [-0.05, 0) is 59.6 Å². The van der Waals surface area contributed by atoms with Crippen LogP contribution in [0.15, 0.2) is 34.8 Å². The standard InChI is InChI=1S/C15H12BrF2NO/c1-8-3-4-12(17)10(5-8)15(20)19-14-7-11(16)13(18)6-9(14)2/h3-7H,1-2H3,(H,19,20). The summed E-state index contributed by atoms with van der Waals surface area (Å²) in [6.45, 7) is 3.44. The van der Waals surface area contributed by atoms with Crippen LogP contribution < -0.4 is 5.32 Å². The molecule has 0 radical (unpaired) electrons. The lowest BCUT2D eigenvalue weighted by atomic mass is 10.1. The molecule has 0 heterocycles.